The predicted octanol–water partition coefficient (Wildman–Crippen LogP) is 3.72. The number of amides is 2. The number of nitrogens with one attached hydrogen (secondary N) is 2. The minimum absolute atomic E-state index is 0.0386. The number of halogens is 2. The molecule has 0 saturated heterocycles. The molecule has 2 N–H and O–H groups in total. The zero-order valence-electron chi connectivity index (χ0n) is 15.2. The number of benzene rings is 2. The Kier molecular flexibility index (Phi) is 6.96. The van der Waals surface area contributed by atoms with Crippen LogP contribution >= 0.6 is 11.6 Å². The molecule has 0 aliphatic rings. The molecule has 0 radical (unpaired) electrons. The molecule has 2 aromatic rings. The lowest BCUT2D eigenvalue weighted by molar-refractivity contribution is -0.131. The Morgan fingerprint density at radius 1 is 1.19 bits per heavy atom. The van der Waals surface area contributed by atoms with Crippen LogP contribution in [0.1, 0.15) is 23.6 Å². The van der Waals surface area contributed by atoms with Gasteiger partial charge in [-0.05, 0) is 61.7 Å². The number of aryl methyl sites for hydroxylation is 1. The predicted molar refractivity (Wildman–Crippen MR) is 103 cm³/mol. The third-order valence-corrected chi connectivity index (χ3v) is 4.20. The minimum atomic E-state index is -0.800. The summed E-state index contributed by atoms with van der Waals surface area (Å²) in [5.41, 5.74) is 7.10. The molecule has 0 fully saturated rings. The number of rotatable bonds is 5. The number of hydrogen-bond acceptors (Lipinski definition) is 3. The van der Waals surface area contributed by atoms with Crippen molar-refractivity contribution < 1.29 is 18.7 Å². The summed E-state index contributed by atoms with van der Waals surface area (Å²) in [4.78, 5) is 23.9. The van der Waals surface area contributed by atoms with E-state index in [4.69, 9.17) is 16.3 Å². The Labute approximate surface area is 162 Å². The van der Waals surface area contributed by atoms with Crippen LogP contribution in [0, 0.1) is 19.7 Å². The minimum Gasteiger partial charge on any atom is -0.481 e. The summed E-state index contributed by atoms with van der Waals surface area (Å²) in [6.07, 6.45) is 1.84. The first-order chi connectivity index (χ1) is 12.8. The summed E-state index contributed by atoms with van der Waals surface area (Å²) < 4.78 is 18.7. The third kappa shape index (κ3) is 5.82. The molecule has 0 aliphatic heterocycles. The maximum Gasteiger partial charge on any atom is 0.279 e. The van der Waals surface area contributed by atoms with Crippen molar-refractivity contribution >= 4 is 29.5 Å². The fourth-order valence-corrected chi connectivity index (χ4v) is 2.34. The van der Waals surface area contributed by atoms with E-state index in [1.165, 1.54) is 30.4 Å². The topological polar surface area (TPSA) is 67.4 Å². The second kappa shape index (κ2) is 9.19. The summed E-state index contributed by atoms with van der Waals surface area (Å²) >= 11 is 5.67. The van der Waals surface area contributed by atoms with Crippen molar-refractivity contribution in [1.29, 1.82) is 0 Å². The van der Waals surface area contributed by atoms with E-state index in [0.717, 1.165) is 11.1 Å². The highest BCUT2D eigenvalue weighted by Gasteiger charge is 2.16. The van der Waals surface area contributed by atoms with E-state index in [-0.39, 0.29) is 5.02 Å². The van der Waals surface area contributed by atoms with Crippen LogP contribution in [0.5, 0.6) is 5.75 Å². The van der Waals surface area contributed by atoms with Gasteiger partial charge in [-0.15, -0.1) is 0 Å². The normalized spacial score (nSPS) is 11.9. The number of carbonyl (C=O) groups excluding carboxylic acids is 2. The largest absolute Gasteiger partial charge is 0.481 e. The maximum atomic E-state index is 13.1. The van der Waals surface area contributed by atoms with Gasteiger partial charge in [0, 0.05) is 6.08 Å². The van der Waals surface area contributed by atoms with Crippen molar-refractivity contribution in [3.63, 3.8) is 0 Å². The molecule has 142 valence electrons. The van der Waals surface area contributed by atoms with Gasteiger partial charge >= 0.3 is 0 Å². The van der Waals surface area contributed by atoms with Crippen LogP contribution in [0.4, 0.5) is 4.39 Å². The maximum absolute atomic E-state index is 13.1. The molecule has 0 spiro atoms. The molecule has 2 aromatic carbocycles. The Morgan fingerprint density at radius 2 is 1.93 bits per heavy atom. The first kappa shape index (κ1) is 20.5. The number of carbonyl (C=O) groups is 2. The van der Waals surface area contributed by atoms with Gasteiger partial charge in [0.2, 0.25) is 0 Å². The SMILES string of the molecule is Cc1cccc(OC(C)C(=O)NNC(=O)/C=C/c2ccc(F)c(Cl)c2)c1C. The van der Waals surface area contributed by atoms with E-state index in [0.29, 0.717) is 11.3 Å². The van der Waals surface area contributed by atoms with Crippen molar-refractivity contribution in [3.8, 4) is 5.75 Å². The Hall–Kier alpha value is -2.86. The summed E-state index contributed by atoms with van der Waals surface area (Å²) in [6, 6.07) is 9.64. The lowest BCUT2D eigenvalue weighted by atomic mass is 10.1. The third-order valence-electron chi connectivity index (χ3n) is 3.91. The fraction of sp³-hybridized carbons (Fsp3) is 0.200. The summed E-state index contributed by atoms with van der Waals surface area (Å²) in [5, 5.41) is -0.0386. The Morgan fingerprint density at radius 3 is 2.63 bits per heavy atom. The van der Waals surface area contributed by atoms with Gasteiger partial charge in [0.15, 0.2) is 6.10 Å². The molecular weight excluding hydrogens is 371 g/mol. The molecule has 27 heavy (non-hydrogen) atoms. The van der Waals surface area contributed by atoms with Gasteiger partial charge < -0.3 is 4.74 Å². The highest BCUT2D eigenvalue weighted by molar-refractivity contribution is 6.30. The Balaban J connectivity index is 1.86. The number of hydrogen-bond donors (Lipinski definition) is 2. The first-order valence-corrected chi connectivity index (χ1v) is 8.61. The summed E-state index contributed by atoms with van der Waals surface area (Å²) in [7, 11) is 0. The van der Waals surface area contributed by atoms with Crippen molar-refractivity contribution in [3.05, 3.63) is 70.0 Å². The molecule has 0 saturated carbocycles. The van der Waals surface area contributed by atoms with Crippen molar-refractivity contribution in [2.24, 2.45) is 0 Å². The van der Waals surface area contributed by atoms with Crippen LogP contribution in [0.3, 0.4) is 0 Å². The van der Waals surface area contributed by atoms with Crippen LogP contribution in [-0.2, 0) is 9.59 Å². The Bertz CT molecular complexity index is 884. The second-order valence-electron chi connectivity index (χ2n) is 5.94. The smallest absolute Gasteiger partial charge is 0.279 e. The molecule has 0 heterocycles. The second-order valence-corrected chi connectivity index (χ2v) is 6.35. The van der Waals surface area contributed by atoms with E-state index in [9.17, 15) is 14.0 Å². The number of hydrazine groups is 1. The standard InChI is InChI=1S/C20H20ClFN2O3/c1-12-5-4-6-18(13(12)2)27-14(3)20(26)24-23-19(25)10-8-15-7-9-17(22)16(21)11-15/h4-11,14H,1-3H3,(H,23,25)(H,24,26)/b10-8+. The molecular formula is C20H20ClFN2O3. The molecule has 0 aliphatic carbocycles. The van der Waals surface area contributed by atoms with Crippen molar-refractivity contribution in [1.82, 2.24) is 10.9 Å². The molecule has 1 atom stereocenters. The van der Waals surface area contributed by atoms with Gasteiger partial charge in [-0.2, -0.15) is 0 Å². The molecule has 0 bridgehead atoms. The van der Waals surface area contributed by atoms with Gasteiger partial charge in [0.05, 0.1) is 5.02 Å². The zero-order chi connectivity index (χ0) is 20.0. The van der Waals surface area contributed by atoms with Gasteiger partial charge in [-0.3, -0.25) is 20.4 Å². The fourth-order valence-electron chi connectivity index (χ4n) is 2.15. The van der Waals surface area contributed by atoms with Crippen molar-refractivity contribution in [2.45, 2.75) is 26.9 Å². The van der Waals surface area contributed by atoms with Crippen LogP contribution in [0.25, 0.3) is 6.08 Å². The van der Waals surface area contributed by atoms with Crippen molar-refractivity contribution in [2.75, 3.05) is 0 Å². The van der Waals surface area contributed by atoms with Crippen LogP contribution in [0.2, 0.25) is 5.02 Å². The summed E-state index contributed by atoms with van der Waals surface area (Å²) in [6.45, 7) is 5.44. The van der Waals surface area contributed by atoms with Gasteiger partial charge in [-0.25, -0.2) is 4.39 Å². The van der Waals surface area contributed by atoms with Gasteiger partial charge in [0.25, 0.3) is 11.8 Å². The summed E-state index contributed by atoms with van der Waals surface area (Å²) in [5.74, 6) is -0.981. The first-order valence-electron chi connectivity index (χ1n) is 8.23. The van der Waals surface area contributed by atoms with Crippen LogP contribution < -0.4 is 15.6 Å². The van der Waals surface area contributed by atoms with E-state index in [2.05, 4.69) is 10.9 Å². The monoisotopic (exact) mass is 390 g/mol. The molecule has 2 rings (SSSR count). The molecule has 7 heteroatoms. The lowest BCUT2D eigenvalue weighted by Crippen LogP contribution is -2.46. The average molecular weight is 391 g/mol. The average Bonchev–Trinajstić information content (AvgIpc) is 2.64. The zero-order valence-corrected chi connectivity index (χ0v) is 15.9. The van der Waals surface area contributed by atoms with E-state index in [1.54, 1.807) is 13.0 Å². The van der Waals surface area contributed by atoms with E-state index >= 15 is 0 Å². The quantitative estimate of drug-likeness (QED) is 0.604. The molecule has 5 nitrogen and oxygen atoms in total. The highest BCUT2D eigenvalue weighted by atomic mass is 35.5. The number of ether oxygens (including phenoxy) is 1. The lowest BCUT2D eigenvalue weighted by Gasteiger charge is -2.17. The molecule has 1 unspecified atom stereocenters. The molecule has 2 amide bonds. The molecule has 0 aromatic heterocycles. The van der Waals surface area contributed by atoms with Gasteiger partial charge in [-0.1, -0.05) is 29.8 Å². The highest BCUT2D eigenvalue weighted by Crippen LogP contribution is 2.21. The van der Waals surface area contributed by atoms with E-state index < -0.39 is 23.7 Å². The van der Waals surface area contributed by atoms with E-state index in [1.807, 2.05) is 26.0 Å². The van der Waals surface area contributed by atoms with Crippen LogP contribution in [0.15, 0.2) is 42.5 Å². The van der Waals surface area contributed by atoms with Gasteiger partial charge in [0.1, 0.15) is 11.6 Å². The van der Waals surface area contributed by atoms with Crippen LogP contribution in [-0.4, -0.2) is 17.9 Å².